The van der Waals surface area contributed by atoms with E-state index in [4.69, 9.17) is 9.47 Å². The Balaban J connectivity index is 1.56. The van der Waals surface area contributed by atoms with E-state index >= 15 is 0 Å². The lowest BCUT2D eigenvalue weighted by Gasteiger charge is -2.34. The number of ether oxygens (including phenoxy) is 2. The van der Waals surface area contributed by atoms with Crippen LogP contribution in [0.1, 0.15) is 12.6 Å². The number of thiazole rings is 1. The van der Waals surface area contributed by atoms with Gasteiger partial charge < -0.3 is 19.3 Å². The molecule has 0 radical (unpaired) electrons. The van der Waals surface area contributed by atoms with Crippen molar-refractivity contribution < 1.29 is 19.1 Å². The molecule has 1 fully saturated rings. The molecule has 2 amide bonds. The highest BCUT2D eigenvalue weighted by molar-refractivity contribution is 7.13. The molecule has 0 aliphatic carbocycles. The van der Waals surface area contributed by atoms with E-state index in [1.807, 2.05) is 29.6 Å². The standard InChI is InChI=1S/C19H23N3O4S/c1-3-26-19(24)22-9-7-21(8-10-22)17(23)12-15-13-27-18(20-15)14-5-4-6-16(11-14)25-2/h4-6,11,13H,3,7-10,12H2,1-2H3. The van der Waals surface area contributed by atoms with E-state index < -0.39 is 0 Å². The van der Waals surface area contributed by atoms with E-state index in [1.165, 1.54) is 11.3 Å². The molecular weight excluding hydrogens is 366 g/mol. The zero-order valence-corrected chi connectivity index (χ0v) is 16.3. The fourth-order valence-corrected chi connectivity index (χ4v) is 3.71. The maximum absolute atomic E-state index is 12.6. The van der Waals surface area contributed by atoms with Gasteiger partial charge in [0.2, 0.25) is 5.91 Å². The van der Waals surface area contributed by atoms with Crippen molar-refractivity contribution in [3.05, 3.63) is 35.3 Å². The lowest BCUT2D eigenvalue weighted by atomic mass is 10.2. The summed E-state index contributed by atoms with van der Waals surface area (Å²) >= 11 is 1.51. The van der Waals surface area contributed by atoms with Crippen LogP contribution < -0.4 is 4.74 Å². The molecule has 1 aromatic carbocycles. The van der Waals surface area contributed by atoms with Crippen LogP contribution in [-0.2, 0) is 16.0 Å². The van der Waals surface area contributed by atoms with Gasteiger partial charge in [-0.1, -0.05) is 12.1 Å². The number of nitrogens with zero attached hydrogens (tertiary/aromatic N) is 3. The zero-order chi connectivity index (χ0) is 19.2. The molecule has 2 aromatic rings. The van der Waals surface area contributed by atoms with Crippen molar-refractivity contribution in [1.82, 2.24) is 14.8 Å². The fourth-order valence-electron chi connectivity index (χ4n) is 2.90. The number of carbonyl (C=O) groups is 2. The van der Waals surface area contributed by atoms with Crippen LogP contribution in [0.25, 0.3) is 10.6 Å². The van der Waals surface area contributed by atoms with E-state index in [9.17, 15) is 9.59 Å². The second-order valence-electron chi connectivity index (χ2n) is 6.12. The highest BCUT2D eigenvalue weighted by Gasteiger charge is 2.25. The normalized spacial score (nSPS) is 14.1. The van der Waals surface area contributed by atoms with Gasteiger partial charge in [0.15, 0.2) is 0 Å². The van der Waals surface area contributed by atoms with Gasteiger partial charge in [0.25, 0.3) is 0 Å². The molecule has 27 heavy (non-hydrogen) atoms. The molecule has 0 bridgehead atoms. The topological polar surface area (TPSA) is 72.0 Å². The average molecular weight is 389 g/mol. The molecule has 144 valence electrons. The lowest BCUT2D eigenvalue weighted by Crippen LogP contribution is -2.51. The van der Waals surface area contributed by atoms with Gasteiger partial charge in [-0.2, -0.15) is 0 Å². The van der Waals surface area contributed by atoms with E-state index in [0.29, 0.717) is 32.8 Å². The van der Waals surface area contributed by atoms with Crippen LogP contribution in [0.5, 0.6) is 5.75 Å². The molecule has 8 heteroatoms. The zero-order valence-electron chi connectivity index (χ0n) is 15.5. The Bertz CT molecular complexity index is 800. The summed E-state index contributed by atoms with van der Waals surface area (Å²) in [6.07, 6.45) is -0.0492. The Morgan fingerprint density at radius 2 is 1.93 bits per heavy atom. The lowest BCUT2D eigenvalue weighted by molar-refractivity contribution is -0.132. The van der Waals surface area contributed by atoms with Crippen molar-refractivity contribution >= 4 is 23.3 Å². The smallest absolute Gasteiger partial charge is 0.409 e. The number of methoxy groups -OCH3 is 1. The maximum atomic E-state index is 12.6. The Hall–Kier alpha value is -2.61. The van der Waals surface area contributed by atoms with Crippen molar-refractivity contribution in [3.63, 3.8) is 0 Å². The Labute approximate surface area is 162 Å². The van der Waals surface area contributed by atoms with Crippen LogP contribution in [0.15, 0.2) is 29.6 Å². The average Bonchev–Trinajstić information content (AvgIpc) is 3.17. The van der Waals surface area contributed by atoms with Crippen LogP contribution in [-0.4, -0.2) is 66.7 Å². The van der Waals surface area contributed by atoms with Crippen LogP contribution >= 0.6 is 11.3 Å². The molecule has 7 nitrogen and oxygen atoms in total. The molecule has 2 heterocycles. The monoisotopic (exact) mass is 389 g/mol. The Kier molecular flexibility index (Phi) is 6.28. The summed E-state index contributed by atoms with van der Waals surface area (Å²) in [6, 6.07) is 7.71. The summed E-state index contributed by atoms with van der Waals surface area (Å²) in [6.45, 7) is 4.17. The first-order chi connectivity index (χ1) is 13.1. The minimum Gasteiger partial charge on any atom is -0.497 e. The third kappa shape index (κ3) is 4.77. The minimum absolute atomic E-state index is 0.0287. The summed E-state index contributed by atoms with van der Waals surface area (Å²) in [7, 11) is 1.63. The number of hydrogen-bond acceptors (Lipinski definition) is 6. The van der Waals surface area contributed by atoms with Crippen molar-refractivity contribution in [3.8, 4) is 16.3 Å². The number of rotatable bonds is 5. The van der Waals surface area contributed by atoms with Gasteiger partial charge >= 0.3 is 6.09 Å². The first-order valence-corrected chi connectivity index (χ1v) is 9.77. The van der Waals surface area contributed by atoms with Gasteiger partial charge in [0, 0.05) is 37.1 Å². The molecule has 1 saturated heterocycles. The molecule has 1 aromatic heterocycles. The van der Waals surface area contributed by atoms with Gasteiger partial charge in [-0.3, -0.25) is 4.79 Å². The summed E-state index contributed by atoms with van der Waals surface area (Å²) in [5.41, 5.74) is 1.73. The third-order valence-electron chi connectivity index (χ3n) is 4.36. The van der Waals surface area contributed by atoms with E-state index in [2.05, 4.69) is 4.98 Å². The number of amides is 2. The minimum atomic E-state index is -0.313. The first-order valence-electron chi connectivity index (χ1n) is 8.89. The van der Waals surface area contributed by atoms with Crippen LogP contribution in [0.4, 0.5) is 4.79 Å². The van der Waals surface area contributed by atoms with Crippen LogP contribution in [0.2, 0.25) is 0 Å². The predicted molar refractivity (Wildman–Crippen MR) is 103 cm³/mol. The first kappa shape index (κ1) is 19.2. The van der Waals surface area contributed by atoms with Gasteiger partial charge in [-0.25, -0.2) is 9.78 Å². The molecule has 3 rings (SSSR count). The van der Waals surface area contributed by atoms with Crippen LogP contribution in [0, 0.1) is 0 Å². The Morgan fingerprint density at radius 3 is 2.63 bits per heavy atom. The van der Waals surface area contributed by atoms with E-state index in [0.717, 1.165) is 22.0 Å². The number of hydrogen-bond donors (Lipinski definition) is 0. The van der Waals surface area contributed by atoms with E-state index in [1.54, 1.807) is 23.8 Å². The third-order valence-corrected chi connectivity index (χ3v) is 5.30. The predicted octanol–water partition coefficient (Wildman–Crippen LogP) is 2.66. The maximum Gasteiger partial charge on any atom is 0.409 e. The van der Waals surface area contributed by atoms with Crippen molar-refractivity contribution in [1.29, 1.82) is 0 Å². The molecule has 1 aliphatic rings. The van der Waals surface area contributed by atoms with Crippen molar-refractivity contribution in [2.24, 2.45) is 0 Å². The highest BCUT2D eigenvalue weighted by atomic mass is 32.1. The molecule has 0 atom stereocenters. The largest absolute Gasteiger partial charge is 0.497 e. The molecular formula is C19H23N3O4S. The van der Waals surface area contributed by atoms with Crippen molar-refractivity contribution in [2.45, 2.75) is 13.3 Å². The van der Waals surface area contributed by atoms with Gasteiger partial charge in [0.1, 0.15) is 10.8 Å². The van der Waals surface area contributed by atoms with Gasteiger partial charge in [0.05, 0.1) is 25.8 Å². The SMILES string of the molecule is CCOC(=O)N1CCN(C(=O)Cc2csc(-c3cccc(OC)c3)n2)CC1. The quantitative estimate of drug-likeness (QED) is 0.786. The second kappa shape index (κ2) is 8.85. The number of aromatic nitrogens is 1. The number of carbonyl (C=O) groups excluding carboxylic acids is 2. The fraction of sp³-hybridized carbons (Fsp3) is 0.421. The second-order valence-corrected chi connectivity index (χ2v) is 6.98. The molecule has 0 N–H and O–H groups in total. The molecule has 0 saturated carbocycles. The van der Waals surface area contributed by atoms with Crippen LogP contribution in [0.3, 0.4) is 0 Å². The van der Waals surface area contributed by atoms with Gasteiger partial charge in [-0.15, -0.1) is 11.3 Å². The number of benzene rings is 1. The molecule has 0 spiro atoms. The summed E-state index contributed by atoms with van der Waals surface area (Å²) in [5.74, 6) is 0.806. The van der Waals surface area contributed by atoms with Gasteiger partial charge in [-0.05, 0) is 19.1 Å². The molecule has 1 aliphatic heterocycles. The van der Waals surface area contributed by atoms with E-state index in [-0.39, 0.29) is 18.4 Å². The summed E-state index contributed by atoms with van der Waals surface area (Å²) < 4.78 is 10.2. The van der Waals surface area contributed by atoms with Crippen molar-refractivity contribution in [2.75, 3.05) is 39.9 Å². The number of piperazine rings is 1. The highest BCUT2D eigenvalue weighted by Crippen LogP contribution is 2.27. The Morgan fingerprint density at radius 1 is 1.19 bits per heavy atom. The molecule has 0 unspecified atom stereocenters. The summed E-state index contributed by atoms with van der Waals surface area (Å²) in [5, 5.41) is 2.78. The summed E-state index contributed by atoms with van der Waals surface area (Å²) in [4.78, 5) is 32.3.